The Balaban J connectivity index is 1.02. The van der Waals surface area contributed by atoms with E-state index in [2.05, 4.69) is 6.92 Å². The van der Waals surface area contributed by atoms with Crippen molar-refractivity contribution in [2.75, 3.05) is 6.79 Å². The fourth-order valence-electron chi connectivity index (χ4n) is 8.12. The summed E-state index contributed by atoms with van der Waals surface area (Å²) in [6, 6.07) is 0. The second-order valence-electron chi connectivity index (χ2n) is 14.8. The predicted octanol–water partition coefficient (Wildman–Crippen LogP) is 8.14. The molecule has 1 unspecified atom stereocenters. The van der Waals surface area contributed by atoms with Crippen molar-refractivity contribution in [1.29, 1.82) is 0 Å². The van der Waals surface area contributed by atoms with Gasteiger partial charge in [-0.25, -0.2) is 0 Å². The highest BCUT2D eigenvalue weighted by Gasteiger charge is 2.39. The number of carbonyl (C=O) groups is 2. The van der Waals surface area contributed by atoms with Crippen molar-refractivity contribution in [2.45, 2.75) is 217 Å². The van der Waals surface area contributed by atoms with Gasteiger partial charge in [-0.2, -0.15) is 0 Å². The number of hydrogen-bond acceptors (Lipinski definition) is 8. The number of esters is 1. The molecule has 46 heavy (non-hydrogen) atoms. The number of hydrogen-bond donors (Lipinski definition) is 1. The van der Waals surface area contributed by atoms with Gasteiger partial charge in [0.15, 0.2) is 0 Å². The van der Waals surface area contributed by atoms with Crippen LogP contribution in [-0.2, 0) is 33.3 Å². The lowest BCUT2D eigenvalue weighted by atomic mass is 9.96. The van der Waals surface area contributed by atoms with Crippen LogP contribution in [0.15, 0.2) is 0 Å². The number of unbranched alkanes of at least 4 members (excludes halogenated alkanes) is 11. The molecular formula is C38H66O8. The van der Waals surface area contributed by atoms with Crippen molar-refractivity contribution in [3.63, 3.8) is 0 Å². The number of aliphatic hydroxyl groups is 1. The average Bonchev–Trinajstić information content (AvgIpc) is 3.75. The molecule has 0 aromatic carbocycles. The number of rotatable bonds is 22. The first-order chi connectivity index (χ1) is 22.4. The van der Waals surface area contributed by atoms with E-state index in [9.17, 15) is 14.7 Å². The smallest absolute Gasteiger partial charge is 0.309 e. The Bertz CT molecular complexity index is 866. The van der Waals surface area contributed by atoms with Crippen LogP contribution >= 0.6 is 0 Å². The van der Waals surface area contributed by atoms with Gasteiger partial charge in [0, 0.05) is 6.42 Å². The molecule has 0 saturated carbocycles. The maximum absolute atomic E-state index is 12.0. The molecule has 1 N–H and O–H groups in total. The number of ketones is 1. The van der Waals surface area contributed by atoms with Crippen LogP contribution in [0.4, 0.5) is 0 Å². The molecule has 0 aromatic rings. The monoisotopic (exact) mass is 650 g/mol. The van der Waals surface area contributed by atoms with Crippen LogP contribution in [0.25, 0.3) is 0 Å². The van der Waals surface area contributed by atoms with E-state index in [1.54, 1.807) is 0 Å². The normalized spacial score (nSPS) is 32.5. The van der Waals surface area contributed by atoms with E-state index in [4.69, 9.17) is 23.7 Å². The molecule has 8 heteroatoms. The Morgan fingerprint density at radius 1 is 0.717 bits per heavy atom. The fourth-order valence-corrected chi connectivity index (χ4v) is 8.12. The standard InChI is InChI=1S/C38H66O8/c1-3-4-5-6-7-8-9-10-11-15-18-32(40)33-21-24-37(46-33)35-23-22-34(42-27-43-35)36-20-19-30(44-36)16-13-12-14-17-31-26-29(25-28(2)39)38(41)45-31/h29-37,40H,3-27H2,1-2H3/t29?,30-,31-,32-,33-,34+,35-,36+,37-/m1/s1. The summed E-state index contributed by atoms with van der Waals surface area (Å²) in [5.41, 5.74) is 0. The number of ether oxygens (including phenoxy) is 5. The summed E-state index contributed by atoms with van der Waals surface area (Å²) in [4.78, 5) is 23.3. The highest BCUT2D eigenvalue weighted by molar-refractivity contribution is 5.83. The first kappa shape index (κ1) is 37.8. The summed E-state index contributed by atoms with van der Waals surface area (Å²) < 4.78 is 30.6. The topological polar surface area (TPSA) is 101 Å². The van der Waals surface area contributed by atoms with Crippen molar-refractivity contribution in [1.82, 2.24) is 0 Å². The van der Waals surface area contributed by atoms with Gasteiger partial charge in [0.05, 0.1) is 48.6 Å². The van der Waals surface area contributed by atoms with Gasteiger partial charge in [-0.3, -0.25) is 4.79 Å². The van der Waals surface area contributed by atoms with Gasteiger partial charge < -0.3 is 33.6 Å². The summed E-state index contributed by atoms with van der Waals surface area (Å²) in [7, 11) is 0. The zero-order chi connectivity index (χ0) is 32.6. The summed E-state index contributed by atoms with van der Waals surface area (Å²) in [5, 5.41) is 10.8. The lowest BCUT2D eigenvalue weighted by Crippen LogP contribution is -2.32. The molecule has 0 radical (unpaired) electrons. The van der Waals surface area contributed by atoms with Crippen molar-refractivity contribution in [3.05, 3.63) is 0 Å². The van der Waals surface area contributed by atoms with Crippen LogP contribution in [0.3, 0.4) is 0 Å². The lowest BCUT2D eigenvalue weighted by Gasteiger charge is -2.24. The average molecular weight is 651 g/mol. The van der Waals surface area contributed by atoms with Gasteiger partial charge in [-0.15, -0.1) is 0 Å². The molecule has 0 spiro atoms. The second-order valence-corrected chi connectivity index (χ2v) is 14.8. The first-order valence-corrected chi connectivity index (χ1v) is 19.3. The Morgan fingerprint density at radius 3 is 1.96 bits per heavy atom. The molecule has 4 saturated heterocycles. The van der Waals surface area contributed by atoms with Crippen molar-refractivity contribution in [2.24, 2.45) is 5.92 Å². The maximum Gasteiger partial charge on any atom is 0.309 e. The van der Waals surface area contributed by atoms with Crippen LogP contribution in [-0.4, -0.2) is 72.5 Å². The van der Waals surface area contributed by atoms with Gasteiger partial charge in [0.2, 0.25) is 0 Å². The number of aliphatic hydroxyl groups excluding tert-OH is 1. The molecule has 266 valence electrons. The lowest BCUT2D eigenvalue weighted by molar-refractivity contribution is -0.154. The van der Waals surface area contributed by atoms with Crippen LogP contribution in [0, 0.1) is 5.92 Å². The molecule has 4 aliphatic rings. The minimum atomic E-state index is -0.372. The summed E-state index contributed by atoms with van der Waals surface area (Å²) >= 11 is 0. The largest absolute Gasteiger partial charge is 0.462 e. The van der Waals surface area contributed by atoms with E-state index >= 15 is 0 Å². The molecule has 4 aliphatic heterocycles. The van der Waals surface area contributed by atoms with Crippen LogP contribution in [0.2, 0.25) is 0 Å². The van der Waals surface area contributed by atoms with Crippen LogP contribution < -0.4 is 0 Å². The van der Waals surface area contributed by atoms with Crippen molar-refractivity contribution < 1.29 is 38.4 Å². The fraction of sp³-hybridized carbons (Fsp3) is 0.947. The van der Waals surface area contributed by atoms with Crippen molar-refractivity contribution >= 4 is 11.8 Å². The SMILES string of the molecule is CCCCCCCCCCCC[C@@H](O)[C@H]1CC[C@H]([C@H]2CC[C@@H]([C@@H]3CC[C@@H](CCCCC[C@@H]4CC(CC(C)=O)C(=O)O4)O3)OCO2)O1. The minimum absolute atomic E-state index is 0.0219. The molecule has 4 heterocycles. The zero-order valence-corrected chi connectivity index (χ0v) is 29.2. The third-order valence-electron chi connectivity index (χ3n) is 10.9. The third kappa shape index (κ3) is 13.1. The van der Waals surface area contributed by atoms with E-state index in [-0.39, 0.29) is 73.3 Å². The zero-order valence-electron chi connectivity index (χ0n) is 29.2. The quantitative estimate of drug-likeness (QED) is 0.0926. The van der Waals surface area contributed by atoms with Gasteiger partial charge in [-0.1, -0.05) is 84.0 Å². The van der Waals surface area contributed by atoms with Crippen LogP contribution in [0.5, 0.6) is 0 Å². The van der Waals surface area contributed by atoms with E-state index in [0.29, 0.717) is 12.8 Å². The highest BCUT2D eigenvalue weighted by atomic mass is 16.7. The summed E-state index contributed by atoms with van der Waals surface area (Å²) in [6.45, 7) is 4.09. The van der Waals surface area contributed by atoms with Gasteiger partial charge in [0.1, 0.15) is 18.7 Å². The van der Waals surface area contributed by atoms with Gasteiger partial charge >= 0.3 is 5.97 Å². The molecule has 8 nitrogen and oxygen atoms in total. The number of cyclic esters (lactones) is 1. The first-order valence-electron chi connectivity index (χ1n) is 19.3. The molecule has 0 bridgehead atoms. The van der Waals surface area contributed by atoms with E-state index < -0.39 is 0 Å². The van der Waals surface area contributed by atoms with E-state index in [1.807, 2.05) is 0 Å². The Labute approximate surface area is 279 Å². The highest BCUT2D eigenvalue weighted by Crippen LogP contribution is 2.34. The second kappa shape index (κ2) is 21.1. The Morgan fingerprint density at radius 2 is 1.28 bits per heavy atom. The summed E-state index contributed by atoms with van der Waals surface area (Å²) in [5.74, 6) is -0.379. The van der Waals surface area contributed by atoms with Crippen LogP contribution in [0.1, 0.15) is 168 Å². The molecule has 9 atom stereocenters. The third-order valence-corrected chi connectivity index (χ3v) is 10.9. The predicted molar refractivity (Wildman–Crippen MR) is 178 cm³/mol. The number of carbonyl (C=O) groups excluding carboxylic acids is 2. The van der Waals surface area contributed by atoms with Gasteiger partial charge in [0.25, 0.3) is 0 Å². The molecule has 4 fully saturated rings. The molecule has 0 aliphatic carbocycles. The molecular weight excluding hydrogens is 584 g/mol. The van der Waals surface area contributed by atoms with E-state index in [0.717, 1.165) is 83.5 Å². The molecule has 4 rings (SSSR count). The number of Topliss-reactive ketones (excluding diaryl/α,β-unsaturated/α-hetero) is 1. The Hall–Kier alpha value is -1.06. The Kier molecular flexibility index (Phi) is 17.3. The molecule has 0 aromatic heterocycles. The van der Waals surface area contributed by atoms with Gasteiger partial charge in [-0.05, 0) is 77.6 Å². The maximum atomic E-state index is 12.0. The summed E-state index contributed by atoms with van der Waals surface area (Å²) in [6.07, 6.45) is 26.0. The minimum Gasteiger partial charge on any atom is -0.462 e. The van der Waals surface area contributed by atoms with Crippen molar-refractivity contribution in [3.8, 4) is 0 Å². The van der Waals surface area contributed by atoms with E-state index in [1.165, 1.54) is 64.7 Å². The molecule has 0 amide bonds.